The zero-order valence-corrected chi connectivity index (χ0v) is 13.5. The average molecular weight is 317 g/mol. The van der Waals surface area contributed by atoms with Crippen LogP contribution in [0.15, 0.2) is 24.3 Å². The fourth-order valence-electron chi connectivity index (χ4n) is 3.66. The van der Waals surface area contributed by atoms with Crippen molar-refractivity contribution in [3.8, 4) is 5.75 Å². The number of carbonyl (C=O) groups is 2. The SMILES string of the molecule is CC1(C)[C@H](C(=O)O)[C@@H]1C(=O)Nc1ccccc1OC1CCCC1. The topological polar surface area (TPSA) is 75.6 Å². The summed E-state index contributed by atoms with van der Waals surface area (Å²) in [5, 5.41) is 12.1. The second-order valence-corrected chi connectivity index (χ2v) is 7.12. The first-order valence-electron chi connectivity index (χ1n) is 8.20. The van der Waals surface area contributed by atoms with Gasteiger partial charge in [-0.3, -0.25) is 9.59 Å². The van der Waals surface area contributed by atoms with Gasteiger partial charge >= 0.3 is 5.97 Å². The third kappa shape index (κ3) is 3.05. The van der Waals surface area contributed by atoms with Crippen LogP contribution in [0.5, 0.6) is 5.75 Å². The highest BCUT2D eigenvalue weighted by Crippen LogP contribution is 2.58. The van der Waals surface area contributed by atoms with Gasteiger partial charge in [-0.05, 0) is 43.2 Å². The van der Waals surface area contributed by atoms with E-state index in [1.54, 1.807) is 6.07 Å². The van der Waals surface area contributed by atoms with E-state index < -0.39 is 23.2 Å². The van der Waals surface area contributed by atoms with Crippen molar-refractivity contribution in [2.45, 2.75) is 45.6 Å². The minimum atomic E-state index is -0.911. The van der Waals surface area contributed by atoms with Gasteiger partial charge in [0.15, 0.2) is 0 Å². The highest BCUT2D eigenvalue weighted by molar-refractivity contribution is 6.00. The molecule has 1 aromatic rings. The Bertz CT molecular complexity index is 619. The number of carbonyl (C=O) groups excluding carboxylic acids is 1. The molecule has 2 saturated carbocycles. The molecular formula is C18H23NO4. The van der Waals surface area contributed by atoms with E-state index in [-0.39, 0.29) is 12.0 Å². The Balaban J connectivity index is 1.70. The average Bonchev–Trinajstić information content (AvgIpc) is 2.84. The molecule has 0 aliphatic heterocycles. The van der Waals surface area contributed by atoms with E-state index in [1.165, 1.54) is 12.8 Å². The van der Waals surface area contributed by atoms with Crippen molar-refractivity contribution < 1.29 is 19.4 Å². The van der Waals surface area contributed by atoms with Crippen molar-refractivity contribution in [1.29, 1.82) is 0 Å². The number of hydrogen-bond donors (Lipinski definition) is 2. The lowest BCUT2D eigenvalue weighted by molar-refractivity contribution is -0.140. The fraction of sp³-hybridized carbons (Fsp3) is 0.556. The Kier molecular flexibility index (Phi) is 4.04. The molecule has 0 saturated heterocycles. The molecular weight excluding hydrogens is 294 g/mol. The van der Waals surface area contributed by atoms with Gasteiger partial charge < -0.3 is 15.2 Å². The van der Waals surface area contributed by atoms with Crippen molar-refractivity contribution in [2.75, 3.05) is 5.32 Å². The van der Waals surface area contributed by atoms with Crippen LogP contribution in [0.25, 0.3) is 0 Å². The predicted octanol–water partition coefficient (Wildman–Crippen LogP) is 3.30. The van der Waals surface area contributed by atoms with E-state index in [1.807, 2.05) is 32.0 Å². The van der Waals surface area contributed by atoms with Gasteiger partial charge in [-0.1, -0.05) is 26.0 Å². The first kappa shape index (κ1) is 15.8. The normalized spacial score (nSPS) is 25.8. The third-order valence-corrected chi connectivity index (χ3v) is 5.12. The molecule has 1 aromatic carbocycles. The second kappa shape index (κ2) is 5.87. The van der Waals surface area contributed by atoms with Crippen LogP contribution in [0.1, 0.15) is 39.5 Å². The summed E-state index contributed by atoms with van der Waals surface area (Å²) in [4.78, 5) is 23.7. The van der Waals surface area contributed by atoms with Gasteiger partial charge in [0.2, 0.25) is 5.91 Å². The number of nitrogens with one attached hydrogen (secondary N) is 1. The van der Waals surface area contributed by atoms with E-state index in [0.717, 1.165) is 12.8 Å². The van der Waals surface area contributed by atoms with E-state index >= 15 is 0 Å². The Morgan fingerprint density at radius 2 is 1.83 bits per heavy atom. The number of para-hydroxylation sites is 2. The summed E-state index contributed by atoms with van der Waals surface area (Å²) in [7, 11) is 0. The zero-order valence-electron chi connectivity index (χ0n) is 13.5. The fourth-order valence-corrected chi connectivity index (χ4v) is 3.66. The zero-order chi connectivity index (χ0) is 16.6. The molecule has 0 radical (unpaired) electrons. The number of amides is 1. The minimum Gasteiger partial charge on any atom is -0.488 e. The number of carboxylic acids is 1. The number of benzene rings is 1. The van der Waals surface area contributed by atoms with E-state index in [4.69, 9.17) is 4.74 Å². The number of rotatable bonds is 5. The first-order valence-corrected chi connectivity index (χ1v) is 8.20. The lowest BCUT2D eigenvalue weighted by Crippen LogP contribution is -2.19. The Morgan fingerprint density at radius 3 is 2.43 bits per heavy atom. The summed E-state index contributed by atoms with van der Waals surface area (Å²) >= 11 is 0. The van der Waals surface area contributed by atoms with Crippen molar-refractivity contribution >= 4 is 17.6 Å². The molecule has 0 spiro atoms. The maximum Gasteiger partial charge on any atom is 0.307 e. The van der Waals surface area contributed by atoms with Gasteiger partial charge in [0, 0.05) is 0 Å². The molecule has 0 bridgehead atoms. The maximum atomic E-state index is 12.5. The number of aliphatic carboxylic acids is 1. The smallest absolute Gasteiger partial charge is 0.307 e. The van der Waals surface area contributed by atoms with Crippen molar-refractivity contribution in [3.05, 3.63) is 24.3 Å². The van der Waals surface area contributed by atoms with E-state index in [2.05, 4.69) is 5.32 Å². The molecule has 2 aliphatic carbocycles. The lowest BCUT2D eigenvalue weighted by atomic mass is 10.1. The molecule has 124 valence electrons. The molecule has 0 heterocycles. The summed E-state index contributed by atoms with van der Waals surface area (Å²) < 4.78 is 6.00. The summed E-state index contributed by atoms with van der Waals surface area (Å²) in [6.07, 6.45) is 4.64. The maximum absolute atomic E-state index is 12.5. The Morgan fingerprint density at radius 1 is 1.17 bits per heavy atom. The highest BCUT2D eigenvalue weighted by Gasteiger charge is 2.65. The third-order valence-electron chi connectivity index (χ3n) is 5.12. The van der Waals surface area contributed by atoms with Crippen LogP contribution in [0.4, 0.5) is 5.69 Å². The van der Waals surface area contributed by atoms with Gasteiger partial charge in [0.25, 0.3) is 0 Å². The highest BCUT2D eigenvalue weighted by atomic mass is 16.5. The summed E-state index contributed by atoms with van der Waals surface area (Å²) in [5.41, 5.74) is 0.119. The first-order chi connectivity index (χ1) is 10.9. The molecule has 2 N–H and O–H groups in total. The number of ether oxygens (including phenoxy) is 1. The number of anilines is 1. The van der Waals surface area contributed by atoms with Crippen LogP contribution < -0.4 is 10.1 Å². The Labute approximate surface area is 136 Å². The van der Waals surface area contributed by atoms with Crippen molar-refractivity contribution in [3.63, 3.8) is 0 Å². The Hall–Kier alpha value is -2.04. The molecule has 2 atom stereocenters. The second-order valence-electron chi connectivity index (χ2n) is 7.12. The lowest BCUT2D eigenvalue weighted by Gasteiger charge is -2.17. The molecule has 1 amide bonds. The van der Waals surface area contributed by atoms with Crippen LogP contribution in [0.2, 0.25) is 0 Å². The monoisotopic (exact) mass is 317 g/mol. The van der Waals surface area contributed by atoms with E-state index in [0.29, 0.717) is 11.4 Å². The van der Waals surface area contributed by atoms with Crippen molar-refractivity contribution in [2.24, 2.45) is 17.3 Å². The molecule has 5 heteroatoms. The summed E-state index contributed by atoms with van der Waals surface area (Å²) in [6.45, 7) is 3.63. The molecule has 2 aliphatic rings. The number of hydrogen-bond acceptors (Lipinski definition) is 3. The van der Waals surface area contributed by atoms with Gasteiger partial charge in [-0.2, -0.15) is 0 Å². The van der Waals surface area contributed by atoms with Crippen LogP contribution in [0, 0.1) is 17.3 Å². The van der Waals surface area contributed by atoms with Gasteiger partial charge in [-0.15, -0.1) is 0 Å². The van der Waals surface area contributed by atoms with Gasteiger partial charge in [0.05, 0.1) is 23.6 Å². The molecule has 5 nitrogen and oxygen atoms in total. The molecule has 3 rings (SSSR count). The standard InChI is InChI=1S/C18H23NO4/c1-18(2)14(15(18)17(21)22)16(20)19-12-9-5-6-10-13(12)23-11-7-3-4-8-11/h5-6,9-11,14-15H,3-4,7-8H2,1-2H3,(H,19,20)(H,21,22)/t14-,15+/m1/s1. The number of carboxylic acid groups (broad SMARTS) is 1. The predicted molar refractivity (Wildman–Crippen MR) is 86.4 cm³/mol. The molecule has 0 aromatic heterocycles. The molecule has 23 heavy (non-hydrogen) atoms. The van der Waals surface area contributed by atoms with Gasteiger partial charge in [-0.25, -0.2) is 0 Å². The van der Waals surface area contributed by atoms with Crippen molar-refractivity contribution in [1.82, 2.24) is 0 Å². The molecule has 2 fully saturated rings. The van der Waals surface area contributed by atoms with Crippen LogP contribution in [-0.4, -0.2) is 23.1 Å². The molecule has 0 unspecified atom stereocenters. The van der Waals surface area contributed by atoms with Crippen LogP contribution in [0.3, 0.4) is 0 Å². The summed E-state index contributed by atoms with van der Waals surface area (Å²) in [6, 6.07) is 7.36. The van der Waals surface area contributed by atoms with E-state index in [9.17, 15) is 14.7 Å². The van der Waals surface area contributed by atoms with Crippen LogP contribution >= 0.6 is 0 Å². The van der Waals surface area contributed by atoms with Gasteiger partial charge in [0.1, 0.15) is 5.75 Å². The quantitative estimate of drug-likeness (QED) is 0.873. The minimum absolute atomic E-state index is 0.206. The van der Waals surface area contributed by atoms with Crippen LogP contribution in [-0.2, 0) is 9.59 Å². The largest absolute Gasteiger partial charge is 0.488 e. The summed E-state index contributed by atoms with van der Waals surface area (Å²) in [5.74, 6) is -1.61.